The van der Waals surface area contributed by atoms with Crippen LogP contribution in [0.1, 0.15) is 337 Å². The summed E-state index contributed by atoms with van der Waals surface area (Å²) in [5.41, 5.74) is 0. The van der Waals surface area contributed by atoms with Crippen LogP contribution in [0, 0.1) is 17.8 Å². The summed E-state index contributed by atoms with van der Waals surface area (Å²) in [4.78, 5) is 72.3. The lowest BCUT2D eigenvalue weighted by molar-refractivity contribution is -0.161. The summed E-state index contributed by atoms with van der Waals surface area (Å²) < 4.78 is 68.1. The minimum Gasteiger partial charge on any atom is -0.462 e. The van der Waals surface area contributed by atoms with Crippen LogP contribution in [-0.4, -0.2) is 96.7 Å². The smallest absolute Gasteiger partial charge is 0.462 e. The summed E-state index contributed by atoms with van der Waals surface area (Å²) in [5, 5.41) is 10.6. The average molecular weight is 1280 g/mol. The molecule has 0 rings (SSSR count). The molecule has 0 aliphatic heterocycles. The van der Waals surface area contributed by atoms with Crippen LogP contribution >= 0.6 is 15.6 Å². The van der Waals surface area contributed by atoms with Gasteiger partial charge >= 0.3 is 39.5 Å². The van der Waals surface area contributed by atoms with Crippen molar-refractivity contribution < 1.29 is 80.2 Å². The van der Waals surface area contributed by atoms with Crippen LogP contribution < -0.4 is 0 Å². The van der Waals surface area contributed by atoms with E-state index in [1.165, 1.54) is 141 Å². The predicted octanol–water partition coefficient (Wildman–Crippen LogP) is 19.1. The second kappa shape index (κ2) is 59.1. The maximum absolute atomic E-state index is 13.0. The van der Waals surface area contributed by atoms with E-state index in [2.05, 4.69) is 48.5 Å². The number of unbranched alkanes of at least 4 members (excludes halogenated alkanes) is 34. The molecule has 0 aliphatic rings. The zero-order valence-corrected chi connectivity index (χ0v) is 58.3. The Bertz CT molecular complexity index is 1720. The van der Waals surface area contributed by atoms with E-state index >= 15 is 0 Å². The summed E-state index contributed by atoms with van der Waals surface area (Å²) in [7, 11) is -9.89. The summed E-state index contributed by atoms with van der Waals surface area (Å²) in [5.74, 6) is -0.0275. The summed E-state index contributed by atoms with van der Waals surface area (Å²) >= 11 is 0. The molecule has 0 aromatic heterocycles. The van der Waals surface area contributed by atoms with E-state index in [0.29, 0.717) is 37.5 Å². The maximum atomic E-state index is 13.0. The Labute approximate surface area is 530 Å². The van der Waals surface area contributed by atoms with Crippen molar-refractivity contribution in [3.8, 4) is 0 Å². The lowest BCUT2D eigenvalue weighted by Crippen LogP contribution is -2.30. The lowest BCUT2D eigenvalue weighted by atomic mass is 10.0. The van der Waals surface area contributed by atoms with Gasteiger partial charge in [-0.15, -0.1) is 0 Å². The van der Waals surface area contributed by atoms with Crippen LogP contribution in [0.3, 0.4) is 0 Å². The van der Waals surface area contributed by atoms with Crippen LogP contribution in [0.25, 0.3) is 0 Å². The quantitative estimate of drug-likeness (QED) is 0.0222. The fourth-order valence-electron chi connectivity index (χ4n) is 10.2. The van der Waals surface area contributed by atoms with Gasteiger partial charge in [-0.3, -0.25) is 37.3 Å². The molecule has 0 bridgehead atoms. The molecule has 0 amide bonds. The molecule has 0 radical (unpaired) electrons. The molecule has 0 fully saturated rings. The Morgan fingerprint density at radius 2 is 0.529 bits per heavy atom. The first kappa shape index (κ1) is 85.1. The molecular formula is C68H132O17P2. The minimum absolute atomic E-state index is 0.101. The number of aliphatic hydroxyl groups excluding tert-OH is 1. The molecule has 0 aromatic rings. The van der Waals surface area contributed by atoms with Crippen LogP contribution in [0.4, 0.5) is 0 Å². The van der Waals surface area contributed by atoms with E-state index < -0.39 is 97.5 Å². The third kappa shape index (κ3) is 62.6. The number of phosphoric ester groups is 2. The van der Waals surface area contributed by atoms with Gasteiger partial charge in [-0.05, 0) is 43.4 Å². The zero-order valence-electron chi connectivity index (χ0n) is 56.5. The van der Waals surface area contributed by atoms with Gasteiger partial charge in [-0.2, -0.15) is 0 Å². The van der Waals surface area contributed by atoms with E-state index in [0.717, 1.165) is 102 Å². The zero-order chi connectivity index (χ0) is 64.5. The molecule has 2 unspecified atom stereocenters. The largest absolute Gasteiger partial charge is 0.472 e. The van der Waals surface area contributed by atoms with Crippen LogP contribution in [-0.2, 0) is 65.4 Å². The van der Waals surface area contributed by atoms with E-state index in [-0.39, 0.29) is 25.7 Å². The highest BCUT2D eigenvalue weighted by Crippen LogP contribution is 2.45. The molecule has 17 nitrogen and oxygen atoms in total. The van der Waals surface area contributed by atoms with Gasteiger partial charge in [0.2, 0.25) is 0 Å². The number of rotatable bonds is 66. The van der Waals surface area contributed by atoms with Gasteiger partial charge in [0.15, 0.2) is 12.2 Å². The number of phosphoric acid groups is 2. The molecule has 5 atom stereocenters. The van der Waals surface area contributed by atoms with Crippen molar-refractivity contribution >= 4 is 39.5 Å². The number of hydrogen-bond donors (Lipinski definition) is 3. The van der Waals surface area contributed by atoms with E-state index in [1.807, 2.05) is 0 Å². The number of esters is 4. The fourth-order valence-corrected chi connectivity index (χ4v) is 11.8. The monoisotopic (exact) mass is 1280 g/mol. The summed E-state index contributed by atoms with van der Waals surface area (Å²) in [6.07, 6.45) is 42.0. The topological polar surface area (TPSA) is 237 Å². The summed E-state index contributed by atoms with van der Waals surface area (Å²) in [6.45, 7) is 11.7. The normalized spacial score (nSPS) is 14.3. The number of carbonyl (C=O) groups is 4. The van der Waals surface area contributed by atoms with Crippen molar-refractivity contribution in [3.63, 3.8) is 0 Å². The van der Waals surface area contributed by atoms with Crippen molar-refractivity contribution in [1.82, 2.24) is 0 Å². The Morgan fingerprint density at radius 3 is 0.782 bits per heavy atom. The predicted molar refractivity (Wildman–Crippen MR) is 349 cm³/mol. The summed E-state index contributed by atoms with van der Waals surface area (Å²) in [6, 6.07) is 0. The molecule has 87 heavy (non-hydrogen) atoms. The van der Waals surface area contributed by atoms with Crippen LogP contribution in [0.5, 0.6) is 0 Å². The van der Waals surface area contributed by atoms with Gasteiger partial charge in [-0.1, -0.05) is 286 Å². The Kier molecular flexibility index (Phi) is 57.8. The molecule has 0 aliphatic carbocycles. The number of hydrogen-bond acceptors (Lipinski definition) is 15. The van der Waals surface area contributed by atoms with Crippen molar-refractivity contribution in [1.29, 1.82) is 0 Å². The van der Waals surface area contributed by atoms with Gasteiger partial charge < -0.3 is 33.8 Å². The third-order valence-electron chi connectivity index (χ3n) is 15.6. The second-order valence-corrected chi connectivity index (χ2v) is 28.9. The second-order valence-electron chi connectivity index (χ2n) is 26.0. The molecule has 3 N–H and O–H groups in total. The average Bonchev–Trinajstić information content (AvgIpc) is 3.67. The minimum atomic E-state index is -4.95. The maximum Gasteiger partial charge on any atom is 0.472 e. The van der Waals surface area contributed by atoms with Gasteiger partial charge in [0.25, 0.3) is 0 Å². The Balaban J connectivity index is 5.22. The molecule has 0 aromatic carbocycles. The highest BCUT2D eigenvalue weighted by atomic mass is 31.2. The molecule has 19 heteroatoms. The van der Waals surface area contributed by atoms with Crippen molar-refractivity contribution in [3.05, 3.63) is 0 Å². The fraction of sp³-hybridized carbons (Fsp3) is 0.941. The first-order valence-corrected chi connectivity index (χ1v) is 38.3. The van der Waals surface area contributed by atoms with Crippen molar-refractivity contribution in [2.75, 3.05) is 39.6 Å². The molecule has 516 valence electrons. The third-order valence-corrected chi connectivity index (χ3v) is 17.5. The van der Waals surface area contributed by atoms with Crippen LogP contribution in [0.2, 0.25) is 0 Å². The SMILES string of the molecule is CCCCCCCCCCCCCCCCCCC(=O)O[C@H](COC(=O)CCCCCCCCCCCCC(C)C)COP(=O)(O)OC[C@@H](O)COP(=O)(O)OC[C@@H](COC(=O)CCCCCCCCC(C)C)OC(=O)CCCCCCCCC(C)C. The molecule has 0 saturated heterocycles. The number of ether oxygens (including phenoxy) is 4. The molecule has 0 spiro atoms. The molecular weight excluding hydrogens is 1150 g/mol. The molecule has 0 heterocycles. The first-order valence-electron chi connectivity index (χ1n) is 35.3. The lowest BCUT2D eigenvalue weighted by Gasteiger charge is -2.21. The number of aliphatic hydroxyl groups is 1. The van der Waals surface area contributed by atoms with Crippen LogP contribution in [0.15, 0.2) is 0 Å². The number of carbonyl (C=O) groups excluding carboxylic acids is 4. The Hall–Kier alpha value is -1.94. The van der Waals surface area contributed by atoms with E-state index in [4.69, 9.17) is 37.0 Å². The molecule has 0 saturated carbocycles. The van der Waals surface area contributed by atoms with Gasteiger partial charge in [0.1, 0.15) is 19.3 Å². The van der Waals surface area contributed by atoms with Crippen molar-refractivity contribution in [2.45, 2.75) is 356 Å². The highest BCUT2D eigenvalue weighted by molar-refractivity contribution is 7.47. The van der Waals surface area contributed by atoms with Crippen molar-refractivity contribution in [2.24, 2.45) is 17.8 Å². The van der Waals surface area contributed by atoms with Gasteiger partial charge in [-0.25, -0.2) is 9.13 Å². The Morgan fingerprint density at radius 1 is 0.310 bits per heavy atom. The van der Waals surface area contributed by atoms with E-state index in [9.17, 15) is 43.2 Å². The highest BCUT2D eigenvalue weighted by Gasteiger charge is 2.30. The van der Waals surface area contributed by atoms with Gasteiger partial charge in [0, 0.05) is 25.7 Å². The first-order chi connectivity index (χ1) is 41.7. The van der Waals surface area contributed by atoms with E-state index in [1.54, 1.807) is 0 Å². The standard InChI is InChI=1S/C68H132O17P2/c1-8-9-10-11-12-13-14-15-16-17-18-19-24-27-37-44-51-67(72)84-63(55-78-65(70)49-42-35-26-23-21-20-22-25-32-39-46-59(2)3)57-82-86(74,75)80-53-62(69)54-81-87(76,77)83-58-64(85-68(73)52-45-38-31-29-34-41-48-61(6)7)56-79-66(71)50-43-36-30-28-33-40-47-60(4)5/h59-64,69H,8-58H2,1-7H3,(H,74,75)(H,76,77)/t62-,63-,64-/m1/s1. The van der Waals surface area contributed by atoms with Gasteiger partial charge in [0.05, 0.1) is 26.4 Å².